The van der Waals surface area contributed by atoms with E-state index in [4.69, 9.17) is 0 Å². The minimum absolute atomic E-state index is 0.0394. The Labute approximate surface area is 119 Å². The van der Waals surface area contributed by atoms with Crippen LogP contribution in [-0.4, -0.2) is 59.0 Å². The lowest BCUT2D eigenvalue weighted by molar-refractivity contribution is -0.130. The number of nitrogens with zero attached hydrogens (tertiary/aromatic N) is 3. The van der Waals surface area contributed by atoms with Crippen molar-refractivity contribution in [2.75, 3.05) is 32.7 Å². The largest absolute Gasteiger partial charge is 0.354 e. The summed E-state index contributed by atoms with van der Waals surface area (Å²) >= 11 is 0. The normalized spacial score (nSPS) is 15.3. The highest BCUT2D eigenvalue weighted by molar-refractivity contribution is 5.76. The van der Waals surface area contributed by atoms with E-state index < -0.39 is 0 Å². The summed E-state index contributed by atoms with van der Waals surface area (Å²) in [6.45, 7) is 4.66. The summed E-state index contributed by atoms with van der Waals surface area (Å²) in [5, 5.41) is 2.93. The zero-order chi connectivity index (χ0) is 14.5. The number of rotatable bonds is 3. The van der Waals surface area contributed by atoms with Crippen LogP contribution in [0.4, 0.5) is 4.79 Å². The molecule has 6 nitrogen and oxygen atoms in total. The molecule has 0 saturated carbocycles. The molecule has 0 radical (unpaired) electrons. The van der Waals surface area contributed by atoms with Crippen molar-refractivity contribution in [1.82, 2.24) is 19.7 Å². The van der Waals surface area contributed by atoms with Crippen LogP contribution in [-0.2, 0) is 18.3 Å². The van der Waals surface area contributed by atoms with Gasteiger partial charge in [-0.25, -0.2) is 4.79 Å². The fraction of sp³-hybridized carbons (Fsp3) is 0.571. The molecule has 1 aromatic heterocycles. The number of carbonyl (C=O) groups excluding carboxylic acids is 2. The molecular weight excluding hydrogens is 256 g/mol. The zero-order valence-electron chi connectivity index (χ0n) is 12.1. The second-order valence-corrected chi connectivity index (χ2v) is 5.09. The summed E-state index contributed by atoms with van der Waals surface area (Å²) < 4.78 is 2.05. The van der Waals surface area contributed by atoms with Crippen molar-refractivity contribution < 1.29 is 9.59 Å². The van der Waals surface area contributed by atoms with Gasteiger partial charge in [0.05, 0.1) is 0 Å². The first-order valence-electron chi connectivity index (χ1n) is 6.96. The van der Waals surface area contributed by atoms with E-state index in [-0.39, 0.29) is 11.9 Å². The van der Waals surface area contributed by atoms with E-state index in [0.29, 0.717) is 32.7 Å². The van der Waals surface area contributed by atoms with Gasteiger partial charge in [0.2, 0.25) is 5.91 Å². The van der Waals surface area contributed by atoms with Crippen molar-refractivity contribution in [3.63, 3.8) is 0 Å². The van der Waals surface area contributed by atoms with Gasteiger partial charge in [0.25, 0.3) is 0 Å². The van der Waals surface area contributed by atoms with Gasteiger partial charge in [-0.1, -0.05) is 0 Å². The van der Waals surface area contributed by atoms with Crippen molar-refractivity contribution in [2.45, 2.75) is 13.3 Å². The Hall–Kier alpha value is -1.98. The van der Waals surface area contributed by atoms with Gasteiger partial charge < -0.3 is 19.7 Å². The second kappa shape index (κ2) is 6.45. The minimum Gasteiger partial charge on any atom is -0.354 e. The van der Waals surface area contributed by atoms with Crippen LogP contribution < -0.4 is 5.32 Å². The highest BCUT2D eigenvalue weighted by Crippen LogP contribution is 2.03. The predicted octanol–water partition coefficient (Wildman–Crippen LogP) is 0.441. The number of aromatic nitrogens is 1. The number of hydrogen-bond donors (Lipinski definition) is 1. The summed E-state index contributed by atoms with van der Waals surface area (Å²) in [5.41, 5.74) is 1.20. The van der Waals surface area contributed by atoms with E-state index in [1.165, 1.54) is 5.69 Å². The molecule has 6 heteroatoms. The average Bonchev–Trinajstić information content (AvgIpc) is 2.84. The Balaban J connectivity index is 1.71. The quantitative estimate of drug-likeness (QED) is 0.872. The summed E-state index contributed by atoms with van der Waals surface area (Å²) in [7, 11) is 2.00. The summed E-state index contributed by atoms with van der Waals surface area (Å²) in [5.74, 6) is 0.0776. The zero-order valence-corrected chi connectivity index (χ0v) is 12.1. The smallest absolute Gasteiger partial charge is 0.317 e. The van der Waals surface area contributed by atoms with Gasteiger partial charge in [0, 0.05) is 65.0 Å². The predicted molar refractivity (Wildman–Crippen MR) is 76.3 cm³/mol. The fourth-order valence-electron chi connectivity index (χ4n) is 2.39. The third kappa shape index (κ3) is 3.53. The SMILES string of the molecule is CC(=O)N1CCN(C(=O)NCCc2cccn2C)CC1. The van der Waals surface area contributed by atoms with Crippen LogP contribution in [0.15, 0.2) is 18.3 Å². The molecule has 0 bridgehead atoms. The molecule has 1 saturated heterocycles. The Morgan fingerprint density at radius 1 is 1.20 bits per heavy atom. The first kappa shape index (κ1) is 14.4. The third-order valence-electron chi connectivity index (χ3n) is 3.72. The Kier molecular flexibility index (Phi) is 4.65. The molecule has 0 atom stereocenters. The topological polar surface area (TPSA) is 57.6 Å². The maximum absolute atomic E-state index is 12.0. The van der Waals surface area contributed by atoms with Crippen LogP contribution in [0.1, 0.15) is 12.6 Å². The van der Waals surface area contributed by atoms with Gasteiger partial charge in [0.1, 0.15) is 0 Å². The first-order chi connectivity index (χ1) is 9.58. The summed E-state index contributed by atoms with van der Waals surface area (Å²) in [6.07, 6.45) is 2.82. The van der Waals surface area contributed by atoms with Crippen molar-refractivity contribution >= 4 is 11.9 Å². The van der Waals surface area contributed by atoms with E-state index >= 15 is 0 Å². The lowest BCUT2D eigenvalue weighted by Gasteiger charge is -2.34. The molecule has 1 aliphatic rings. The molecule has 0 aliphatic carbocycles. The van der Waals surface area contributed by atoms with Gasteiger partial charge >= 0.3 is 6.03 Å². The van der Waals surface area contributed by atoms with Crippen LogP contribution in [0.2, 0.25) is 0 Å². The molecule has 1 aliphatic heterocycles. The molecule has 1 aromatic rings. The van der Waals surface area contributed by atoms with E-state index in [0.717, 1.165) is 6.42 Å². The number of hydrogen-bond acceptors (Lipinski definition) is 2. The second-order valence-electron chi connectivity index (χ2n) is 5.09. The van der Waals surface area contributed by atoms with E-state index in [1.807, 2.05) is 19.3 Å². The van der Waals surface area contributed by atoms with E-state index in [1.54, 1.807) is 16.7 Å². The molecular formula is C14H22N4O2. The number of piperazine rings is 1. The number of amides is 3. The Bertz CT molecular complexity index is 475. The van der Waals surface area contributed by atoms with Crippen molar-refractivity contribution in [1.29, 1.82) is 0 Å². The van der Waals surface area contributed by atoms with Crippen LogP contribution >= 0.6 is 0 Å². The van der Waals surface area contributed by atoms with Gasteiger partial charge in [-0.15, -0.1) is 0 Å². The number of aryl methyl sites for hydroxylation is 1. The van der Waals surface area contributed by atoms with Crippen molar-refractivity contribution in [2.24, 2.45) is 7.05 Å². The fourth-order valence-corrected chi connectivity index (χ4v) is 2.39. The maximum atomic E-state index is 12.0. The number of nitrogens with one attached hydrogen (secondary N) is 1. The maximum Gasteiger partial charge on any atom is 0.317 e. The molecule has 3 amide bonds. The van der Waals surface area contributed by atoms with Crippen LogP contribution in [0.3, 0.4) is 0 Å². The van der Waals surface area contributed by atoms with Gasteiger partial charge in [-0.2, -0.15) is 0 Å². The average molecular weight is 278 g/mol. The Morgan fingerprint density at radius 2 is 1.85 bits per heavy atom. The summed E-state index contributed by atoms with van der Waals surface area (Å²) in [6, 6.07) is 4.01. The monoisotopic (exact) mass is 278 g/mol. The van der Waals surface area contributed by atoms with Crippen molar-refractivity contribution in [3.8, 4) is 0 Å². The van der Waals surface area contributed by atoms with E-state index in [2.05, 4.69) is 16.0 Å². The van der Waals surface area contributed by atoms with Gasteiger partial charge in [-0.05, 0) is 12.1 Å². The molecule has 0 unspecified atom stereocenters. The first-order valence-corrected chi connectivity index (χ1v) is 6.96. The van der Waals surface area contributed by atoms with Gasteiger partial charge in [-0.3, -0.25) is 4.79 Å². The highest BCUT2D eigenvalue weighted by Gasteiger charge is 2.21. The standard InChI is InChI=1S/C14H22N4O2/c1-12(19)17-8-10-18(11-9-17)14(20)15-6-5-13-4-3-7-16(13)2/h3-4,7H,5-6,8-11H2,1-2H3,(H,15,20). The van der Waals surface area contributed by atoms with Crippen LogP contribution in [0.25, 0.3) is 0 Å². The molecule has 110 valence electrons. The lowest BCUT2D eigenvalue weighted by Crippen LogP contribution is -2.53. The molecule has 2 heterocycles. The molecule has 0 aromatic carbocycles. The lowest BCUT2D eigenvalue weighted by atomic mass is 10.3. The molecule has 20 heavy (non-hydrogen) atoms. The highest BCUT2D eigenvalue weighted by atomic mass is 16.2. The Morgan fingerprint density at radius 3 is 2.40 bits per heavy atom. The molecule has 1 fully saturated rings. The number of urea groups is 1. The van der Waals surface area contributed by atoms with Gasteiger partial charge in [0.15, 0.2) is 0 Å². The van der Waals surface area contributed by atoms with Crippen LogP contribution in [0, 0.1) is 0 Å². The van der Waals surface area contributed by atoms with Crippen molar-refractivity contribution in [3.05, 3.63) is 24.0 Å². The molecule has 2 rings (SSSR count). The molecule has 1 N–H and O–H groups in total. The van der Waals surface area contributed by atoms with Crippen LogP contribution in [0.5, 0.6) is 0 Å². The van der Waals surface area contributed by atoms with E-state index in [9.17, 15) is 9.59 Å². The molecule has 0 spiro atoms. The number of carbonyl (C=O) groups is 2. The third-order valence-corrected chi connectivity index (χ3v) is 3.72. The minimum atomic E-state index is -0.0394. The summed E-state index contributed by atoms with van der Waals surface area (Å²) in [4.78, 5) is 26.7.